The van der Waals surface area contributed by atoms with Crippen molar-refractivity contribution < 1.29 is 0 Å². The number of rotatable bonds is 4. The number of aromatic nitrogens is 4. The number of nitrogens with zero attached hydrogens (tertiary/aromatic N) is 4. The van der Waals surface area contributed by atoms with E-state index in [1.165, 1.54) is 0 Å². The predicted molar refractivity (Wildman–Crippen MR) is 93.7 cm³/mol. The highest BCUT2D eigenvalue weighted by Crippen LogP contribution is 2.16. The summed E-state index contributed by atoms with van der Waals surface area (Å²) in [6, 6.07) is 15.7. The second-order valence-corrected chi connectivity index (χ2v) is 6.24. The van der Waals surface area contributed by atoms with E-state index in [4.69, 9.17) is 0 Å². The first-order valence-corrected chi connectivity index (χ1v) is 8.04. The molecule has 2 aromatic carbocycles. The molecule has 0 unspecified atom stereocenters. The van der Waals surface area contributed by atoms with E-state index in [1.54, 1.807) is 4.68 Å². The molecule has 0 amide bonds. The third kappa shape index (κ3) is 3.61. The summed E-state index contributed by atoms with van der Waals surface area (Å²) in [6.45, 7) is 0. The van der Waals surface area contributed by atoms with Gasteiger partial charge in [-0.05, 0) is 59.0 Å². The minimum Gasteiger partial charge on any atom is -0.362 e. The molecule has 1 heterocycles. The van der Waals surface area contributed by atoms with Crippen molar-refractivity contribution in [3.8, 4) is 5.69 Å². The molecule has 0 atom stereocenters. The molecule has 0 radical (unpaired) electrons. The molecule has 1 aromatic heterocycles. The predicted octanol–water partition coefficient (Wildman–Crippen LogP) is 4.27. The first-order chi connectivity index (χ1) is 10.7. The van der Waals surface area contributed by atoms with E-state index in [-0.39, 0.29) is 0 Å². The molecule has 1 N–H and O–H groups in total. The summed E-state index contributed by atoms with van der Waals surface area (Å²) in [7, 11) is 0. The highest BCUT2D eigenvalue weighted by Gasteiger charge is 2.04. The molecule has 3 rings (SSSR count). The molecular formula is C15H11Br2N5. The first kappa shape index (κ1) is 14.9. The van der Waals surface area contributed by atoms with Crippen LogP contribution in [0.4, 0.5) is 5.69 Å². The Labute approximate surface area is 144 Å². The lowest BCUT2D eigenvalue weighted by Crippen LogP contribution is -1.99. The van der Waals surface area contributed by atoms with Crippen LogP contribution in [0, 0.1) is 0 Å². The molecule has 7 heteroatoms. The zero-order valence-electron chi connectivity index (χ0n) is 11.3. The molecule has 5 nitrogen and oxygen atoms in total. The maximum absolute atomic E-state index is 4.02. The fourth-order valence-corrected chi connectivity index (χ4v) is 2.35. The van der Waals surface area contributed by atoms with Gasteiger partial charge in [0.2, 0.25) is 0 Å². The molecule has 0 aliphatic carbocycles. The van der Waals surface area contributed by atoms with Gasteiger partial charge in [-0.15, -0.1) is 5.10 Å². The van der Waals surface area contributed by atoms with E-state index >= 15 is 0 Å². The van der Waals surface area contributed by atoms with Crippen LogP contribution in [0.3, 0.4) is 0 Å². The first-order valence-electron chi connectivity index (χ1n) is 6.45. The summed E-state index contributed by atoms with van der Waals surface area (Å²) in [6.07, 6.45) is 3.63. The Balaban J connectivity index is 1.76. The van der Waals surface area contributed by atoms with Gasteiger partial charge in [0, 0.05) is 26.9 Å². The Hall–Kier alpha value is -1.99. The van der Waals surface area contributed by atoms with Crippen LogP contribution in [-0.2, 0) is 0 Å². The lowest BCUT2D eigenvalue weighted by atomic mass is 10.3. The van der Waals surface area contributed by atoms with Gasteiger partial charge >= 0.3 is 0 Å². The standard InChI is InChI=1S/C15H11Br2N5/c16-11-1-5-13(6-2-11)18-10-9-15-19-20-21-22(15)14-7-3-12(17)4-8-14/h1-10,18H/b10-9+. The lowest BCUT2D eigenvalue weighted by Gasteiger charge is -2.02. The zero-order chi connectivity index (χ0) is 15.4. The van der Waals surface area contributed by atoms with Gasteiger partial charge in [-0.25, -0.2) is 0 Å². The van der Waals surface area contributed by atoms with Crippen LogP contribution >= 0.6 is 31.9 Å². The average molecular weight is 421 g/mol. The van der Waals surface area contributed by atoms with Crippen molar-refractivity contribution >= 4 is 43.6 Å². The molecule has 0 aliphatic rings. The van der Waals surface area contributed by atoms with Crippen molar-refractivity contribution in [2.45, 2.75) is 0 Å². The van der Waals surface area contributed by atoms with Crippen LogP contribution in [0.25, 0.3) is 11.8 Å². The normalized spacial score (nSPS) is 11.0. The zero-order valence-corrected chi connectivity index (χ0v) is 14.5. The number of benzene rings is 2. The Morgan fingerprint density at radius 3 is 2.23 bits per heavy atom. The molecular weight excluding hydrogens is 410 g/mol. The van der Waals surface area contributed by atoms with Gasteiger partial charge in [0.15, 0.2) is 5.82 Å². The van der Waals surface area contributed by atoms with E-state index < -0.39 is 0 Å². The van der Waals surface area contributed by atoms with Gasteiger partial charge in [-0.3, -0.25) is 0 Å². The Bertz CT molecular complexity index is 778. The van der Waals surface area contributed by atoms with E-state index in [1.807, 2.05) is 60.8 Å². The molecule has 0 saturated heterocycles. The van der Waals surface area contributed by atoms with Crippen LogP contribution < -0.4 is 5.32 Å². The maximum Gasteiger partial charge on any atom is 0.181 e. The minimum absolute atomic E-state index is 0.645. The average Bonchev–Trinajstić information content (AvgIpc) is 2.98. The smallest absolute Gasteiger partial charge is 0.181 e. The molecule has 0 spiro atoms. The molecule has 0 bridgehead atoms. The third-order valence-corrected chi connectivity index (χ3v) is 3.95. The van der Waals surface area contributed by atoms with Crippen molar-refractivity contribution in [1.82, 2.24) is 20.2 Å². The highest BCUT2D eigenvalue weighted by molar-refractivity contribution is 9.10. The van der Waals surface area contributed by atoms with Crippen LogP contribution in [0.15, 0.2) is 63.7 Å². The summed E-state index contributed by atoms with van der Waals surface area (Å²) < 4.78 is 3.73. The van der Waals surface area contributed by atoms with E-state index in [2.05, 4.69) is 52.7 Å². The van der Waals surface area contributed by atoms with Crippen molar-refractivity contribution in [3.63, 3.8) is 0 Å². The number of tetrazole rings is 1. The van der Waals surface area contributed by atoms with Gasteiger partial charge < -0.3 is 5.32 Å². The number of hydrogen-bond donors (Lipinski definition) is 1. The number of halogens is 2. The van der Waals surface area contributed by atoms with Gasteiger partial charge in [0.25, 0.3) is 0 Å². The lowest BCUT2D eigenvalue weighted by molar-refractivity contribution is 0.786. The Kier molecular flexibility index (Phi) is 4.65. The molecule has 0 aliphatic heterocycles. The largest absolute Gasteiger partial charge is 0.362 e. The molecule has 0 saturated carbocycles. The topological polar surface area (TPSA) is 55.6 Å². The van der Waals surface area contributed by atoms with Crippen molar-refractivity contribution in [3.05, 3.63) is 69.5 Å². The molecule has 0 fully saturated rings. The Morgan fingerprint density at radius 1 is 0.909 bits per heavy atom. The third-order valence-electron chi connectivity index (χ3n) is 2.89. The van der Waals surface area contributed by atoms with Crippen molar-refractivity contribution in [2.24, 2.45) is 0 Å². The summed E-state index contributed by atoms with van der Waals surface area (Å²) in [4.78, 5) is 0. The van der Waals surface area contributed by atoms with Gasteiger partial charge in [0.1, 0.15) is 0 Å². The van der Waals surface area contributed by atoms with Crippen LogP contribution in [-0.4, -0.2) is 20.2 Å². The Morgan fingerprint density at radius 2 is 1.55 bits per heavy atom. The number of nitrogens with one attached hydrogen (secondary N) is 1. The summed E-state index contributed by atoms with van der Waals surface area (Å²) >= 11 is 6.82. The quantitative estimate of drug-likeness (QED) is 0.684. The fraction of sp³-hybridized carbons (Fsp3) is 0. The maximum atomic E-state index is 4.02. The van der Waals surface area contributed by atoms with E-state index in [0.29, 0.717) is 5.82 Å². The highest BCUT2D eigenvalue weighted by atomic mass is 79.9. The van der Waals surface area contributed by atoms with Crippen LogP contribution in [0.5, 0.6) is 0 Å². The summed E-state index contributed by atoms with van der Waals surface area (Å²) in [5, 5.41) is 14.9. The van der Waals surface area contributed by atoms with E-state index in [9.17, 15) is 0 Å². The van der Waals surface area contributed by atoms with Gasteiger partial charge in [0.05, 0.1) is 5.69 Å². The van der Waals surface area contributed by atoms with Gasteiger partial charge in [-0.2, -0.15) is 4.68 Å². The van der Waals surface area contributed by atoms with E-state index in [0.717, 1.165) is 20.3 Å². The molecule has 22 heavy (non-hydrogen) atoms. The second kappa shape index (κ2) is 6.85. The summed E-state index contributed by atoms with van der Waals surface area (Å²) in [5.41, 5.74) is 1.89. The van der Waals surface area contributed by atoms with Crippen LogP contribution in [0.2, 0.25) is 0 Å². The fourth-order valence-electron chi connectivity index (χ4n) is 1.82. The second-order valence-electron chi connectivity index (χ2n) is 4.41. The van der Waals surface area contributed by atoms with Crippen molar-refractivity contribution in [2.75, 3.05) is 5.32 Å². The molecule has 3 aromatic rings. The number of hydrogen-bond acceptors (Lipinski definition) is 4. The van der Waals surface area contributed by atoms with Crippen LogP contribution in [0.1, 0.15) is 5.82 Å². The monoisotopic (exact) mass is 419 g/mol. The SMILES string of the molecule is Brc1ccc(N/C=C/c2nnnn2-c2ccc(Br)cc2)cc1. The minimum atomic E-state index is 0.645. The van der Waals surface area contributed by atoms with Crippen molar-refractivity contribution in [1.29, 1.82) is 0 Å². The summed E-state index contributed by atoms with van der Waals surface area (Å²) in [5.74, 6) is 0.645. The number of anilines is 1. The van der Waals surface area contributed by atoms with Gasteiger partial charge in [-0.1, -0.05) is 31.9 Å². The molecule has 110 valence electrons.